The topological polar surface area (TPSA) is 29.9 Å². The van der Waals surface area contributed by atoms with Gasteiger partial charge in [0.05, 0.1) is 16.4 Å². The molecule has 1 aromatic carbocycles. The molecule has 1 atom stereocenters. The minimum Gasteiger partial charge on any atom is -0.316 e. The van der Waals surface area contributed by atoms with E-state index in [4.69, 9.17) is 11.6 Å². The number of likely N-dealkylation sites (N-methyl/N-ethyl adjacent to an activating group) is 1. The van der Waals surface area contributed by atoms with Gasteiger partial charge < -0.3 is 5.32 Å². The fourth-order valence-corrected chi connectivity index (χ4v) is 2.73. The van der Waals surface area contributed by atoms with Crippen LogP contribution in [0.15, 0.2) is 24.3 Å². The molecule has 0 amide bonds. The predicted molar refractivity (Wildman–Crippen MR) is 84.3 cm³/mol. The number of aryl methyl sites for hydroxylation is 2. The molecule has 114 valence electrons. The van der Waals surface area contributed by atoms with Gasteiger partial charge in [0.15, 0.2) is 0 Å². The Kier molecular flexibility index (Phi) is 5.37. The Morgan fingerprint density at radius 2 is 2.00 bits per heavy atom. The maximum absolute atomic E-state index is 13.1. The van der Waals surface area contributed by atoms with E-state index in [1.54, 1.807) is 0 Å². The molecular weight excluding hydrogens is 289 g/mol. The number of nitrogens with one attached hydrogen (secondary N) is 1. The monoisotopic (exact) mass is 309 g/mol. The van der Waals surface area contributed by atoms with Gasteiger partial charge >= 0.3 is 0 Å². The van der Waals surface area contributed by atoms with Crippen LogP contribution in [0.4, 0.5) is 4.39 Å². The molecule has 0 aliphatic carbocycles. The average molecular weight is 310 g/mol. The Hall–Kier alpha value is -1.39. The molecule has 21 heavy (non-hydrogen) atoms. The number of aromatic nitrogens is 2. The highest BCUT2D eigenvalue weighted by Crippen LogP contribution is 2.27. The molecule has 1 N–H and O–H groups in total. The number of rotatable bonds is 6. The van der Waals surface area contributed by atoms with Crippen molar-refractivity contribution in [1.82, 2.24) is 15.1 Å². The molecular formula is C16H21ClFN3. The molecule has 0 bridgehead atoms. The van der Waals surface area contributed by atoms with E-state index in [-0.39, 0.29) is 11.7 Å². The van der Waals surface area contributed by atoms with Gasteiger partial charge in [-0.25, -0.2) is 4.39 Å². The fraction of sp³-hybridized carbons (Fsp3) is 0.438. The van der Waals surface area contributed by atoms with E-state index in [1.807, 2.05) is 30.8 Å². The smallest absolute Gasteiger partial charge is 0.123 e. The lowest BCUT2D eigenvalue weighted by molar-refractivity contribution is 0.568. The molecule has 1 heterocycles. The zero-order chi connectivity index (χ0) is 15.4. The second-order valence-electron chi connectivity index (χ2n) is 5.23. The van der Waals surface area contributed by atoms with Crippen LogP contribution in [0.1, 0.15) is 29.8 Å². The van der Waals surface area contributed by atoms with Crippen LogP contribution in [0.25, 0.3) is 0 Å². The van der Waals surface area contributed by atoms with Crippen molar-refractivity contribution in [2.75, 3.05) is 13.1 Å². The molecule has 2 rings (SSSR count). The zero-order valence-electron chi connectivity index (χ0n) is 12.7. The average Bonchev–Trinajstić information content (AvgIpc) is 2.70. The van der Waals surface area contributed by atoms with E-state index < -0.39 is 0 Å². The zero-order valence-corrected chi connectivity index (χ0v) is 13.4. The van der Waals surface area contributed by atoms with Gasteiger partial charge in [-0.1, -0.05) is 30.7 Å². The molecule has 0 aliphatic heterocycles. The van der Waals surface area contributed by atoms with Crippen LogP contribution >= 0.6 is 11.6 Å². The van der Waals surface area contributed by atoms with Crippen LogP contribution in [0.2, 0.25) is 5.02 Å². The van der Waals surface area contributed by atoms with Gasteiger partial charge in [-0.05, 0) is 37.6 Å². The number of nitrogens with zero attached hydrogens (tertiary/aromatic N) is 2. The molecule has 0 saturated carbocycles. The van der Waals surface area contributed by atoms with Crippen molar-refractivity contribution in [3.05, 3.63) is 52.1 Å². The Labute approximate surface area is 130 Å². The van der Waals surface area contributed by atoms with Gasteiger partial charge in [0.25, 0.3) is 0 Å². The van der Waals surface area contributed by atoms with Crippen molar-refractivity contribution in [1.29, 1.82) is 0 Å². The van der Waals surface area contributed by atoms with E-state index in [9.17, 15) is 4.39 Å². The highest BCUT2D eigenvalue weighted by molar-refractivity contribution is 6.31. The van der Waals surface area contributed by atoms with E-state index in [0.29, 0.717) is 0 Å². The summed E-state index contributed by atoms with van der Waals surface area (Å²) in [6.45, 7) is 5.70. The summed E-state index contributed by atoms with van der Waals surface area (Å²) in [6.07, 6.45) is 0.773. The quantitative estimate of drug-likeness (QED) is 0.885. The first-order valence-electron chi connectivity index (χ1n) is 7.17. The molecule has 0 spiro atoms. The lowest BCUT2D eigenvalue weighted by atomic mass is 9.94. The van der Waals surface area contributed by atoms with Gasteiger partial charge in [-0.3, -0.25) is 4.68 Å². The molecule has 2 aromatic rings. The van der Waals surface area contributed by atoms with Gasteiger partial charge in [-0.15, -0.1) is 0 Å². The van der Waals surface area contributed by atoms with E-state index in [1.165, 1.54) is 12.1 Å². The summed E-state index contributed by atoms with van der Waals surface area (Å²) in [5.41, 5.74) is 2.96. The standard InChI is InChI=1S/C16H21ClFN3/c1-4-19-10-13(12-5-7-14(18)8-6-12)9-15-16(17)11(2)20-21(15)3/h5-8,13,19H,4,9-10H2,1-3H3. The highest BCUT2D eigenvalue weighted by atomic mass is 35.5. The lowest BCUT2D eigenvalue weighted by Crippen LogP contribution is -2.23. The van der Waals surface area contributed by atoms with Crippen LogP contribution in [-0.4, -0.2) is 22.9 Å². The Balaban J connectivity index is 2.25. The summed E-state index contributed by atoms with van der Waals surface area (Å²) in [5.74, 6) is 0.0215. The summed E-state index contributed by atoms with van der Waals surface area (Å²) in [6, 6.07) is 6.69. The second-order valence-corrected chi connectivity index (χ2v) is 5.61. The maximum atomic E-state index is 13.1. The third-order valence-corrected chi connectivity index (χ3v) is 4.18. The predicted octanol–water partition coefficient (Wildman–Crippen LogP) is 3.46. The fourth-order valence-electron chi connectivity index (χ4n) is 2.50. The first-order valence-corrected chi connectivity index (χ1v) is 7.54. The van der Waals surface area contributed by atoms with Crippen LogP contribution in [0.5, 0.6) is 0 Å². The van der Waals surface area contributed by atoms with Crippen molar-refractivity contribution in [3.8, 4) is 0 Å². The third-order valence-electron chi connectivity index (χ3n) is 3.68. The van der Waals surface area contributed by atoms with Crippen molar-refractivity contribution in [2.24, 2.45) is 7.05 Å². The lowest BCUT2D eigenvalue weighted by Gasteiger charge is -2.18. The van der Waals surface area contributed by atoms with Crippen LogP contribution in [0, 0.1) is 12.7 Å². The molecule has 0 saturated heterocycles. The summed E-state index contributed by atoms with van der Waals surface area (Å²) in [7, 11) is 1.91. The van der Waals surface area contributed by atoms with Crippen molar-refractivity contribution < 1.29 is 4.39 Å². The number of benzene rings is 1. The summed E-state index contributed by atoms with van der Waals surface area (Å²) >= 11 is 6.34. The molecule has 5 heteroatoms. The highest BCUT2D eigenvalue weighted by Gasteiger charge is 2.18. The molecule has 1 aromatic heterocycles. The summed E-state index contributed by atoms with van der Waals surface area (Å²) < 4.78 is 14.9. The Bertz CT molecular complexity index is 592. The number of hydrogen-bond donors (Lipinski definition) is 1. The first kappa shape index (κ1) is 16.0. The first-order chi connectivity index (χ1) is 10.0. The normalized spacial score (nSPS) is 12.6. The van der Waals surface area contributed by atoms with E-state index in [0.717, 1.165) is 41.5 Å². The molecule has 0 radical (unpaired) electrons. The van der Waals surface area contributed by atoms with Crippen LogP contribution in [0.3, 0.4) is 0 Å². The minimum absolute atomic E-state index is 0.213. The van der Waals surface area contributed by atoms with E-state index in [2.05, 4.69) is 17.3 Å². The Morgan fingerprint density at radius 3 is 2.52 bits per heavy atom. The van der Waals surface area contributed by atoms with Crippen molar-refractivity contribution in [2.45, 2.75) is 26.2 Å². The molecule has 0 fully saturated rings. The molecule has 0 aliphatic rings. The van der Waals surface area contributed by atoms with Gasteiger partial charge in [0, 0.05) is 19.5 Å². The molecule has 3 nitrogen and oxygen atoms in total. The van der Waals surface area contributed by atoms with Gasteiger partial charge in [0.2, 0.25) is 0 Å². The largest absolute Gasteiger partial charge is 0.316 e. The van der Waals surface area contributed by atoms with Gasteiger partial charge in [0.1, 0.15) is 5.82 Å². The SMILES string of the molecule is CCNCC(Cc1c(Cl)c(C)nn1C)c1ccc(F)cc1. The summed E-state index contributed by atoms with van der Waals surface area (Å²) in [5, 5.41) is 8.44. The maximum Gasteiger partial charge on any atom is 0.123 e. The Morgan fingerprint density at radius 1 is 1.33 bits per heavy atom. The molecule has 1 unspecified atom stereocenters. The minimum atomic E-state index is -0.213. The van der Waals surface area contributed by atoms with Crippen molar-refractivity contribution >= 4 is 11.6 Å². The summed E-state index contributed by atoms with van der Waals surface area (Å²) in [4.78, 5) is 0. The van der Waals surface area contributed by atoms with Crippen molar-refractivity contribution in [3.63, 3.8) is 0 Å². The van der Waals surface area contributed by atoms with E-state index >= 15 is 0 Å². The number of halogens is 2. The van der Waals surface area contributed by atoms with Gasteiger partial charge in [-0.2, -0.15) is 5.10 Å². The number of hydrogen-bond acceptors (Lipinski definition) is 2. The second kappa shape index (κ2) is 7.05. The van der Waals surface area contributed by atoms with Crippen LogP contribution < -0.4 is 5.32 Å². The third kappa shape index (κ3) is 3.83. The van der Waals surface area contributed by atoms with Crippen LogP contribution in [-0.2, 0) is 13.5 Å².